The number of carbonyl (C=O) groups excluding carboxylic acids is 2. The molecule has 1 aliphatic rings. The zero-order valence-electron chi connectivity index (χ0n) is 11.7. The number of anilines is 1. The third kappa shape index (κ3) is 2.96. The third-order valence-corrected chi connectivity index (χ3v) is 4.12. The standard InChI is InChI=1S/C15H19ClN2O2/c1-9(19)14-11(16)6-4-8-13(14)18-12-7-3-5-10(12)15(20)17-2/h4,6,8,10,12,18H,3,5,7H2,1-2H3,(H,17,20)/t10-,12-/m0/s1. The van der Waals surface area contributed by atoms with Gasteiger partial charge in [-0.3, -0.25) is 9.59 Å². The number of ketones is 1. The summed E-state index contributed by atoms with van der Waals surface area (Å²) in [6.45, 7) is 1.50. The normalized spacial score (nSPS) is 21.6. The second-order valence-corrected chi connectivity index (χ2v) is 5.53. The molecule has 0 saturated heterocycles. The minimum Gasteiger partial charge on any atom is -0.381 e. The van der Waals surface area contributed by atoms with Gasteiger partial charge in [0.25, 0.3) is 0 Å². The van der Waals surface area contributed by atoms with Gasteiger partial charge in [-0.05, 0) is 31.9 Å². The van der Waals surface area contributed by atoms with Crippen LogP contribution in [0.3, 0.4) is 0 Å². The monoisotopic (exact) mass is 294 g/mol. The van der Waals surface area contributed by atoms with Crippen molar-refractivity contribution in [1.82, 2.24) is 5.32 Å². The molecule has 2 rings (SSSR count). The van der Waals surface area contributed by atoms with Crippen molar-refractivity contribution in [2.75, 3.05) is 12.4 Å². The Balaban J connectivity index is 2.24. The number of amides is 1. The summed E-state index contributed by atoms with van der Waals surface area (Å²) in [5.74, 6) is -0.0854. The van der Waals surface area contributed by atoms with Crippen LogP contribution in [0.15, 0.2) is 18.2 Å². The summed E-state index contributed by atoms with van der Waals surface area (Å²) in [7, 11) is 1.65. The lowest BCUT2D eigenvalue weighted by Gasteiger charge is -2.22. The van der Waals surface area contributed by atoms with E-state index in [9.17, 15) is 9.59 Å². The lowest BCUT2D eigenvalue weighted by Crippen LogP contribution is -2.36. The molecule has 4 nitrogen and oxygen atoms in total. The van der Waals surface area contributed by atoms with E-state index in [0.717, 1.165) is 19.3 Å². The largest absolute Gasteiger partial charge is 0.381 e. The van der Waals surface area contributed by atoms with E-state index in [1.54, 1.807) is 19.2 Å². The number of hydrogen-bond acceptors (Lipinski definition) is 3. The van der Waals surface area contributed by atoms with Crippen molar-refractivity contribution in [2.24, 2.45) is 5.92 Å². The molecule has 1 amide bonds. The molecule has 1 aliphatic carbocycles. The van der Waals surface area contributed by atoms with Crippen molar-refractivity contribution < 1.29 is 9.59 Å². The van der Waals surface area contributed by atoms with E-state index >= 15 is 0 Å². The van der Waals surface area contributed by atoms with Gasteiger partial charge < -0.3 is 10.6 Å². The van der Waals surface area contributed by atoms with E-state index in [0.29, 0.717) is 16.3 Å². The quantitative estimate of drug-likeness (QED) is 0.840. The minimum absolute atomic E-state index is 0.0476. The zero-order chi connectivity index (χ0) is 14.7. The number of carbonyl (C=O) groups is 2. The van der Waals surface area contributed by atoms with Gasteiger partial charge in [-0.25, -0.2) is 0 Å². The van der Waals surface area contributed by atoms with Crippen LogP contribution >= 0.6 is 11.6 Å². The molecule has 5 heteroatoms. The van der Waals surface area contributed by atoms with E-state index in [1.807, 2.05) is 6.07 Å². The van der Waals surface area contributed by atoms with Gasteiger partial charge in [-0.1, -0.05) is 24.1 Å². The van der Waals surface area contributed by atoms with E-state index in [1.165, 1.54) is 6.92 Å². The summed E-state index contributed by atoms with van der Waals surface area (Å²) in [6.07, 6.45) is 2.79. The van der Waals surface area contributed by atoms with E-state index in [-0.39, 0.29) is 23.7 Å². The van der Waals surface area contributed by atoms with Crippen LogP contribution in [-0.2, 0) is 4.79 Å². The van der Waals surface area contributed by atoms with Crippen LogP contribution in [0.25, 0.3) is 0 Å². The molecule has 0 radical (unpaired) electrons. The fraction of sp³-hybridized carbons (Fsp3) is 0.467. The predicted octanol–water partition coefficient (Wildman–Crippen LogP) is 2.87. The van der Waals surface area contributed by atoms with Gasteiger partial charge in [-0.2, -0.15) is 0 Å². The molecular weight excluding hydrogens is 276 g/mol. The van der Waals surface area contributed by atoms with Gasteiger partial charge in [-0.15, -0.1) is 0 Å². The fourth-order valence-electron chi connectivity index (χ4n) is 2.83. The second-order valence-electron chi connectivity index (χ2n) is 5.12. The maximum absolute atomic E-state index is 11.9. The van der Waals surface area contributed by atoms with Gasteiger partial charge in [0.1, 0.15) is 0 Å². The van der Waals surface area contributed by atoms with Crippen molar-refractivity contribution in [3.05, 3.63) is 28.8 Å². The molecule has 0 aromatic heterocycles. The SMILES string of the molecule is CNC(=O)[C@H]1CCC[C@@H]1Nc1cccc(Cl)c1C(C)=O. The van der Waals surface area contributed by atoms with Crippen LogP contribution < -0.4 is 10.6 Å². The molecule has 108 valence electrons. The van der Waals surface area contributed by atoms with Gasteiger partial charge in [0, 0.05) is 18.8 Å². The maximum atomic E-state index is 11.9. The Hall–Kier alpha value is -1.55. The Morgan fingerprint density at radius 1 is 1.30 bits per heavy atom. The summed E-state index contributed by atoms with van der Waals surface area (Å²) in [4.78, 5) is 23.6. The summed E-state index contributed by atoms with van der Waals surface area (Å²) in [5, 5.41) is 6.47. The first-order valence-corrected chi connectivity index (χ1v) is 7.20. The molecule has 0 heterocycles. The number of hydrogen-bond donors (Lipinski definition) is 2. The number of Topliss-reactive ketones (excluding diaryl/α,β-unsaturated/α-hetero) is 1. The van der Waals surface area contributed by atoms with Gasteiger partial charge in [0.05, 0.1) is 16.5 Å². The number of nitrogens with one attached hydrogen (secondary N) is 2. The molecule has 1 fully saturated rings. The van der Waals surface area contributed by atoms with Crippen molar-refractivity contribution >= 4 is 29.0 Å². The molecule has 0 aliphatic heterocycles. The van der Waals surface area contributed by atoms with Gasteiger partial charge >= 0.3 is 0 Å². The van der Waals surface area contributed by atoms with Crippen molar-refractivity contribution in [3.8, 4) is 0 Å². The average molecular weight is 295 g/mol. The average Bonchev–Trinajstić information content (AvgIpc) is 2.85. The molecule has 2 N–H and O–H groups in total. The van der Waals surface area contributed by atoms with E-state index < -0.39 is 0 Å². The topological polar surface area (TPSA) is 58.2 Å². The van der Waals surface area contributed by atoms with Crippen LogP contribution in [0.5, 0.6) is 0 Å². The smallest absolute Gasteiger partial charge is 0.224 e. The summed E-state index contributed by atoms with van der Waals surface area (Å²) >= 11 is 6.10. The molecule has 1 aromatic carbocycles. The van der Waals surface area contributed by atoms with Crippen LogP contribution in [-0.4, -0.2) is 24.8 Å². The number of rotatable bonds is 4. The molecule has 0 spiro atoms. The Bertz CT molecular complexity index is 531. The molecule has 0 bridgehead atoms. The molecule has 1 saturated carbocycles. The minimum atomic E-state index is -0.0763. The Morgan fingerprint density at radius 2 is 2.05 bits per heavy atom. The maximum Gasteiger partial charge on any atom is 0.224 e. The third-order valence-electron chi connectivity index (χ3n) is 3.81. The zero-order valence-corrected chi connectivity index (χ0v) is 12.5. The first-order chi connectivity index (χ1) is 9.54. The number of benzene rings is 1. The summed E-state index contributed by atoms with van der Waals surface area (Å²) in [6, 6.07) is 5.39. The summed E-state index contributed by atoms with van der Waals surface area (Å²) in [5.41, 5.74) is 1.21. The lowest BCUT2D eigenvalue weighted by atomic mass is 10.0. The lowest BCUT2D eigenvalue weighted by molar-refractivity contribution is -0.124. The van der Waals surface area contributed by atoms with Crippen LogP contribution in [0.1, 0.15) is 36.5 Å². The highest BCUT2D eigenvalue weighted by Gasteiger charge is 2.32. The van der Waals surface area contributed by atoms with Crippen LogP contribution in [0.2, 0.25) is 5.02 Å². The van der Waals surface area contributed by atoms with E-state index in [4.69, 9.17) is 11.6 Å². The molecular formula is C15H19ClN2O2. The van der Waals surface area contributed by atoms with Crippen LogP contribution in [0, 0.1) is 5.92 Å². The highest BCUT2D eigenvalue weighted by Crippen LogP contribution is 2.32. The van der Waals surface area contributed by atoms with Crippen molar-refractivity contribution in [2.45, 2.75) is 32.2 Å². The van der Waals surface area contributed by atoms with E-state index in [2.05, 4.69) is 10.6 Å². The highest BCUT2D eigenvalue weighted by atomic mass is 35.5. The molecule has 1 aromatic rings. The first-order valence-electron chi connectivity index (χ1n) is 6.82. The Kier molecular flexibility index (Phi) is 4.65. The van der Waals surface area contributed by atoms with Crippen molar-refractivity contribution in [3.63, 3.8) is 0 Å². The second kappa shape index (κ2) is 6.27. The van der Waals surface area contributed by atoms with Gasteiger partial charge in [0.15, 0.2) is 5.78 Å². The molecule has 20 heavy (non-hydrogen) atoms. The highest BCUT2D eigenvalue weighted by molar-refractivity contribution is 6.34. The Labute approximate surface area is 123 Å². The van der Waals surface area contributed by atoms with Crippen LogP contribution in [0.4, 0.5) is 5.69 Å². The number of halogens is 1. The molecule has 2 atom stereocenters. The molecule has 0 unspecified atom stereocenters. The Morgan fingerprint density at radius 3 is 2.70 bits per heavy atom. The van der Waals surface area contributed by atoms with Crippen molar-refractivity contribution in [1.29, 1.82) is 0 Å². The predicted molar refractivity (Wildman–Crippen MR) is 80.3 cm³/mol. The van der Waals surface area contributed by atoms with Gasteiger partial charge in [0.2, 0.25) is 5.91 Å². The fourth-order valence-corrected chi connectivity index (χ4v) is 3.14. The summed E-state index contributed by atoms with van der Waals surface area (Å²) < 4.78 is 0. The first kappa shape index (κ1) is 14.9.